The first-order valence-corrected chi connectivity index (χ1v) is 12.5. The van der Waals surface area contributed by atoms with Crippen molar-refractivity contribution in [1.82, 2.24) is 20.2 Å². The summed E-state index contributed by atoms with van der Waals surface area (Å²) in [4.78, 5) is 62.6. The quantitative estimate of drug-likeness (QED) is 0.0943. The summed E-state index contributed by atoms with van der Waals surface area (Å²) in [5.41, 5.74) is 8.97. The van der Waals surface area contributed by atoms with Gasteiger partial charge in [0.15, 0.2) is 6.23 Å². The molecular weight excluding hydrogens is 523 g/mol. The molecule has 0 spiro atoms. The number of carbonyl (C=O) groups is 3. The summed E-state index contributed by atoms with van der Waals surface area (Å²) in [6, 6.07) is -2.99. The average Bonchev–Trinajstić information content (AvgIpc) is 3.15. The van der Waals surface area contributed by atoms with Crippen LogP contribution in [0.1, 0.15) is 46.3 Å². The van der Waals surface area contributed by atoms with Gasteiger partial charge in [-0.25, -0.2) is 9.59 Å². The number of aliphatic hydroxyl groups excluding tert-OH is 2. The Balaban J connectivity index is 1.94. The highest BCUT2D eigenvalue weighted by atomic mass is 19.1. The number of esters is 1. The molecule has 1 saturated heterocycles. The zero-order chi connectivity index (χ0) is 29.4. The second kappa shape index (κ2) is 14.3. The van der Waals surface area contributed by atoms with E-state index in [1.807, 2.05) is 0 Å². The van der Waals surface area contributed by atoms with Crippen LogP contribution in [0.3, 0.4) is 0 Å². The lowest BCUT2D eigenvalue weighted by Gasteiger charge is -2.25. The molecule has 1 aromatic rings. The lowest BCUT2D eigenvalue weighted by Crippen LogP contribution is -2.56. The summed E-state index contributed by atoms with van der Waals surface area (Å²) < 4.78 is 24.6. The van der Waals surface area contributed by atoms with Crippen LogP contribution < -0.4 is 33.3 Å². The second-order valence-corrected chi connectivity index (χ2v) is 9.67. The van der Waals surface area contributed by atoms with E-state index in [1.165, 1.54) is 6.92 Å². The summed E-state index contributed by atoms with van der Waals surface area (Å²) in [6.07, 6.45) is -3.96. The van der Waals surface area contributed by atoms with Crippen molar-refractivity contribution >= 4 is 17.8 Å². The van der Waals surface area contributed by atoms with Crippen LogP contribution in [0.4, 0.5) is 4.39 Å². The van der Waals surface area contributed by atoms with Crippen LogP contribution in [0.2, 0.25) is 0 Å². The standard InChI is InChI=1S/C23H37FN6O9/c1-10(2)15(28-19(34)13(26)6-4-5-7-25)20(35)27-11(3)22(36)38-9-14-16(31)17(32)21(39-14)30-8-12(24)18(33)29-23(30)37/h8,10-11,13-17,21,31-32H,4-7,9,25-26H2,1-3H3,(H,27,35)(H,28,34)(H,29,33,37)/t11-,13-,14+,15-,16+,17+,21+/m0/s1. The predicted molar refractivity (Wildman–Crippen MR) is 133 cm³/mol. The highest BCUT2D eigenvalue weighted by Crippen LogP contribution is 2.28. The zero-order valence-corrected chi connectivity index (χ0v) is 22.0. The Labute approximate surface area is 223 Å². The Morgan fingerprint density at radius 2 is 1.82 bits per heavy atom. The molecule has 1 aliphatic heterocycles. The Bertz CT molecular complexity index is 1130. The van der Waals surface area contributed by atoms with Gasteiger partial charge in [0.05, 0.1) is 12.2 Å². The van der Waals surface area contributed by atoms with Crippen LogP contribution in [0.5, 0.6) is 0 Å². The van der Waals surface area contributed by atoms with E-state index in [2.05, 4.69) is 10.6 Å². The molecule has 0 aliphatic carbocycles. The van der Waals surface area contributed by atoms with Gasteiger partial charge in [0.2, 0.25) is 17.6 Å². The van der Waals surface area contributed by atoms with E-state index in [-0.39, 0.29) is 5.92 Å². The van der Waals surface area contributed by atoms with Crippen molar-refractivity contribution < 1.29 is 38.5 Å². The molecule has 15 nitrogen and oxygen atoms in total. The zero-order valence-electron chi connectivity index (χ0n) is 22.0. The van der Waals surface area contributed by atoms with Crippen LogP contribution in [0.15, 0.2) is 15.8 Å². The van der Waals surface area contributed by atoms with E-state index < -0.39 is 84.1 Å². The van der Waals surface area contributed by atoms with Gasteiger partial charge >= 0.3 is 11.7 Å². The summed E-state index contributed by atoms with van der Waals surface area (Å²) in [5, 5.41) is 25.5. The Morgan fingerprint density at radius 3 is 2.44 bits per heavy atom. The molecule has 0 radical (unpaired) electrons. The molecule has 1 fully saturated rings. The largest absolute Gasteiger partial charge is 0.461 e. The molecule has 2 rings (SSSR count). The van der Waals surface area contributed by atoms with Gasteiger partial charge in [0.25, 0.3) is 5.56 Å². The van der Waals surface area contributed by atoms with Crippen molar-refractivity contribution in [2.75, 3.05) is 13.2 Å². The van der Waals surface area contributed by atoms with Crippen molar-refractivity contribution in [3.05, 3.63) is 32.9 Å². The smallest absolute Gasteiger partial charge is 0.330 e. The average molecular weight is 561 g/mol. The van der Waals surface area contributed by atoms with Gasteiger partial charge in [0, 0.05) is 0 Å². The molecule has 2 amide bonds. The molecule has 1 aliphatic rings. The Kier molecular flexibility index (Phi) is 11.7. The molecular formula is C23H37FN6O9. The summed E-state index contributed by atoms with van der Waals surface area (Å²) >= 11 is 0. The van der Waals surface area contributed by atoms with Gasteiger partial charge in [-0.05, 0) is 32.2 Å². The first-order valence-electron chi connectivity index (χ1n) is 12.5. The highest BCUT2D eigenvalue weighted by Gasteiger charge is 2.45. The van der Waals surface area contributed by atoms with Gasteiger partial charge in [-0.2, -0.15) is 4.39 Å². The van der Waals surface area contributed by atoms with Gasteiger partial charge < -0.3 is 41.8 Å². The van der Waals surface area contributed by atoms with Gasteiger partial charge in [-0.1, -0.05) is 20.3 Å². The van der Waals surface area contributed by atoms with Crippen molar-refractivity contribution in [1.29, 1.82) is 0 Å². The molecule has 0 bridgehead atoms. The molecule has 0 unspecified atom stereocenters. The number of aliphatic hydroxyl groups is 2. The minimum atomic E-state index is -1.72. The maximum absolute atomic E-state index is 13.6. The van der Waals surface area contributed by atoms with E-state index in [0.29, 0.717) is 36.6 Å². The van der Waals surface area contributed by atoms with Crippen LogP contribution in [-0.2, 0) is 23.9 Å². The van der Waals surface area contributed by atoms with Crippen molar-refractivity contribution in [3.63, 3.8) is 0 Å². The van der Waals surface area contributed by atoms with Crippen LogP contribution >= 0.6 is 0 Å². The van der Waals surface area contributed by atoms with Crippen LogP contribution in [-0.4, -0.2) is 87.1 Å². The van der Waals surface area contributed by atoms with E-state index in [4.69, 9.17) is 20.9 Å². The SMILES string of the molecule is CC(C)[C@H](NC(=O)[C@@H](N)CCCCN)C(=O)N[C@@H](C)C(=O)OC[C@H]1O[C@@H](n2cc(F)c(=O)[nH]c2=O)[C@H](O)[C@@H]1O. The number of nitrogens with two attached hydrogens (primary N) is 2. The molecule has 9 N–H and O–H groups in total. The number of carbonyl (C=O) groups excluding carboxylic acids is 3. The lowest BCUT2D eigenvalue weighted by atomic mass is 10.0. The van der Waals surface area contributed by atoms with Gasteiger partial charge in [-0.3, -0.25) is 23.9 Å². The number of halogens is 1. The van der Waals surface area contributed by atoms with Crippen molar-refractivity contribution in [3.8, 4) is 0 Å². The molecule has 0 aromatic carbocycles. The number of rotatable bonds is 13. The van der Waals surface area contributed by atoms with E-state index in [9.17, 15) is 38.6 Å². The fourth-order valence-corrected chi connectivity index (χ4v) is 3.83. The number of nitrogens with one attached hydrogen (secondary N) is 3. The van der Waals surface area contributed by atoms with E-state index in [0.717, 1.165) is 0 Å². The van der Waals surface area contributed by atoms with Crippen molar-refractivity contribution in [2.24, 2.45) is 17.4 Å². The number of aromatic nitrogens is 2. The van der Waals surface area contributed by atoms with Crippen LogP contribution in [0.25, 0.3) is 0 Å². The third-order valence-electron chi connectivity index (χ3n) is 6.19. The molecule has 1 aromatic heterocycles. The Hall–Kier alpha value is -3.18. The Morgan fingerprint density at radius 1 is 1.15 bits per heavy atom. The summed E-state index contributed by atoms with van der Waals surface area (Å²) in [7, 11) is 0. The number of ether oxygens (including phenoxy) is 2. The first kappa shape index (κ1) is 32.0. The van der Waals surface area contributed by atoms with Crippen molar-refractivity contribution in [2.45, 2.75) is 82.7 Å². The third kappa shape index (κ3) is 8.40. The molecule has 0 saturated carbocycles. The number of aromatic amines is 1. The number of amides is 2. The topological polar surface area (TPSA) is 241 Å². The first-order chi connectivity index (χ1) is 18.3. The number of hydrogen-bond acceptors (Lipinski definition) is 11. The predicted octanol–water partition coefficient (Wildman–Crippen LogP) is -3.06. The maximum atomic E-state index is 13.6. The maximum Gasteiger partial charge on any atom is 0.330 e. The fraction of sp³-hybridized carbons (Fsp3) is 0.696. The number of nitrogens with zero attached hydrogens (tertiary/aromatic N) is 1. The monoisotopic (exact) mass is 560 g/mol. The minimum absolute atomic E-state index is 0.338. The number of hydrogen-bond donors (Lipinski definition) is 7. The third-order valence-corrected chi connectivity index (χ3v) is 6.19. The molecule has 39 heavy (non-hydrogen) atoms. The van der Waals surface area contributed by atoms with E-state index >= 15 is 0 Å². The molecule has 2 heterocycles. The summed E-state index contributed by atoms with van der Waals surface area (Å²) in [6.45, 7) is 4.63. The second-order valence-electron chi connectivity index (χ2n) is 9.67. The normalized spacial score (nSPS) is 23.2. The van der Waals surface area contributed by atoms with Gasteiger partial charge in [0.1, 0.15) is 37.0 Å². The molecule has 16 heteroatoms. The molecule has 220 valence electrons. The van der Waals surface area contributed by atoms with Gasteiger partial charge in [-0.15, -0.1) is 0 Å². The fourth-order valence-electron chi connectivity index (χ4n) is 3.83. The highest BCUT2D eigenvalue weighted by molar-refractivity contribution is 5.92. The minimum Gasteiger partial charge on any atom is -0.461 e. The van der Waals surface area contributed by atoms with E-state index in [1.54, 1.807) is 18.8 Å². The van der Waals surface area contributed by atoms with Crippen LogP contribution in [0, 0.1) is 11.7 Å². The number of H-pyrrole nitrogens is 1. The lowest BCUT2D eigenvalue weighted by molar-refractivity contribution is -0.153. The summed E-state index contributed by atoms with van der Waals surface area (Å²) in [5.74, 6) is -3.74. The number of unbranched alkanes of at least 4 members (excludes halogenated alkanes) is 1. The molecule has 7 atom stereocenters.